The van der Waals surface area contributed by atoms with Gasteiger partial charge in [-0.25, -0.2) is 0 Å². The molecule has 0 amide bonds. The molecule has 0 radical (unpaired) electrons. The molecule has 4 rings (SSSR count). The second-order valence-corrected chi connectivity index (χ2v) is 7.88. The molecule has 0 unspecified atom stereocenters. The van der Waals surface area contributed by atoms with E-state index in [4.69, 9.17) is 9.15 Å². The topological polar surface area (TPSA) is 41.7 Å². The average Bonchev–Trinajstić information content (AvgIpc) is 3.25. The molecular formula is C21H29N3O2. The first-order valence-corrected chi connectivity index (χ1v) is 9.64. The summed E-state index contributed by atoms with van der Waals surface area (Å²) in [6, 6.07) is 10.7. The van der Waals surface area contributed by atoms with Crippen molar-refractivity contribution in [1.29, 1.82) is 0 Å². The summed E-state index contributed by atoms with van der Waals surface area (Å²) in [5.41, 5.74) is 1.19. The Bertz CT molecular complexity index is 707. The van der Waals surface area contributed by atoms with Crippen LogP contribution in [0.25, 0.3) is 0 Å². The molecule has 0 N–H and O–H groups in total. The van der Waals surface area contributed by atoms with Gasteiger partial charge in [0.2, 0.25) is 0 Å². The van der Waals surface area contributed by atoms with Crippen LogP contribution in [0.15, 0.2) is 40.9 Å². The lowest BCUT2D eigenvalue weighted by Gasteiger charge is -2.38. The minimum Gasteiger partial charge on any atom is -0.465 e. The average molecular weight is 355 g/mol. The molecule has 2 aromatic rings. The van der Waals surface area contributed by atoms with Gasteiger partial charge in [0.25, 0.3) is 0 Å². The normalized spacial score (nSPS) is 23.1. The van der Waals surface area contributed by atoms with E-state index >= 15 is 0 Å². The maximum atomic E-state index is 6.34. The van der Waals surface area contributed by atoms with Gasteiger partial charge in [0.15, 0.2) is 0 Å². The molecule has 5 nitrogen and oxygen atoms in total. The van der Waals surface area contributed by atoms with Crippen molar-refractivity contribution in [1.82, 2.24) is 14.8 Å². The minimum absolute atomic E-state index is 0.0681. The number of likely N-dealkylation sites (tertiary alicyclic amines) is 1. The Hall–Kier alpha value is -1.69. The van der Waals surface area contributed by atoms with E-state index in [9.17, 15) is 0 Å². The van der Waals surface area contributed by atoms with Gasteiger partial charge in [-0.05, 0) is 57.5 Å². The summed E-state index contributed by atoms with van der Waals surface area (Å²) in [5.74, 6) is 2.06. The Kier molecular flexibility index (Phi) is 5.11. The zero-order valence-electron chi connectivity index (χ0n) is 15.9. The number of hydrogen-bond donors (Lipinski definition) is 0. The first-order valence-electron chi connectivity index (χ1n) is 9.64. The monoisotopic (exact) mass is 355 g/mol. The number of aryl methyl sites for hydroxylation is 1. The van der Waals surface area contributed by atoms with Crippen LogP contribution in [0.4, 0.5) is 0 Å². The van der Waals surface area contributed by atoms with Crippen LogP contribution in [0, 0.1) is 6.92 Å². The van der Waals surface area contributed by atoms with Gasteiger partial charge in [0.05, 0.1) is 24.4 Å². The van der Waals surface area contributed by atoms with Gasteiger partial charge in [-0.1, -0.05) is 6.07 Å². The van der Waals surface area contributed by atoms with Crippen molar-refractivity contribution in [2.45, 2.75) is 50.9 Å². The summed E-state index contributed by atoms with van der Waals surface area (Å²) < 4.78 is 12.1. The van der Waals surface area contributed by atoms with Gasteiger partial charge in [0.1, 0.15) is 11.5 Å². The Labute approximate surface area is 156 Å². The van der Waals surface area contributed by atoms with Crippen LogP contribution in [-0.4, -0.2) is 53.2 Å². The first-order chi connectivity index (χ1) is 12.6. The molecule has 2 aromatic heterocycles. The third-order valence-corrected chi connectivity index (χ3v) is 5.89. The molecule has 0 aromatic carbocycles. The van der Waals surface area contributed by atoms with Crippen molar-refractivity contribution in [3.05, 3.63) is 53.7 Å². The summed E-state index contributed by atoms with van der Waals surface area (Å²) in [7, 11) is 2.19. The number of pyridine rings is 1. The quantitative estimate of drug-likeness (QED) is 0.824. The van der Waals surface area contributed by atoms with Crippen molar-refractivity contribution in [2.24, 2.45) is 0 Å². The number of hydrogen-bond acceptors (Lipinski definition) is 5. The molecule has 1 atom stereocenters. The number of nitrogens with zero attached hydrogens (tertiary/aromatic N) is 3. The fourth-order valence-corrected chi connectivity index (χ4v) is 4.24. The molecular weight excluding hydrogens is 326 g/mol. The van der Waals surface area contributed by atoms with Crippen LogP contribution < -0.4 is 0 Å². The largest absolute Gasteiger partial charge is 0.465 e. The first kappa shape index (κ1) is 17.7. The summed E-state index contributed by atoms with van der Waals surface area (Å²) >= 11 is 0. The Morgan fingerprint density at radius 1 is 1.23 bits per heavy atom. The van der Waals surface area contributed by atoms with Crippen LogP contribution in [0.1, 0.15) is 36.5 Å². The van der Waals surface area contributed by atoms with Crippen LogP contribution in [0.3, 0.4) is 0 Å². The van der Waals surface area contributed by atoms with Gasteiger partial charge in [-0.2, -0.15) is 0 Å². The van der Waals surface area contributed by atoms with E-state index in [1.54, 1.807) is 0 Å². The van der Waals surface area contributed by atoms with Crippen LogP contribution >= 0.6 is 0 Å². The number of furan rings is 1. The highest BCUT2D eigenvalue weighted by Crippen LogP contribution is 2.38. The van der Waals surface area contributed by atoms with Crippen molar-refractivity contribution in [3.8, 4) is 0 Å². The van der Waals surface area contributed by atoms with E-state index in [0.29, 0.717) is 6.04 Å². The van der Waals surface area contributed by atoms with E-state index in [2.05, 4.69) is 40.0 Å². The Morgan fingerprint density at radius 2 is 2.08 bits per heavy atom. The zero-order valence-corrected chi connectivity index (χ0v) is 15.9. The summed E-state index contributed by atoms with van der Waals surface area (Å²) in [6.45, 7) is 6.79. The van der Waals surface area contributed by atoms with Gasteiger partial charge >= 0.3 is 0 Å². The molecule has 1 spiro atoms. The molecule has 4 heterocycles. The van der Waals surface area contributed by atoms with Gasteiger partial charge < -0.3 is 9.15 Å². The van der Waals surface area contributed by atoms with Crippen LogP contribution in [0.5, 0.6) is 0 Å². The predicted octanol–water partition coefficient (Wildman–Crippen LogP) is 3.24. The molecule has 26 heavy (non-hydrogen) atoms. The molecule has 140 valence electrons. The molecule has 2 saturated heterocycles. The third-order valence-electron chi connectivity index (χ3n) is 5.89. The maximum absolute atomic E-state index is 6.34. The molecule has 0 saturated carbocycles. The lowest BCUT2D eigenvalue weighted by Crippen LogP contribution is -2.44. The highest BCUT2D eigenvalue weighted by molar-refractivity contribution is 5.07. The predicted molar refractivity (Wildman–Crippen MR) is 101 cm³/mol. The Balaban J connectivity index is 1.28. The number of rotatable bonds is 5. The van der Waals surface area contributed by atoms with Crippen molar-refractivity contribution < 1.29 is 9.15 Å². The maximum Gasteiger partial charge on any atom is 0.118 e. The molecule has 2 aliphatic heterocycles. The van der Waals surface area contributed by atoms with Gasteiger partial charge in [0, 0.05) is 31.9 Å². The summed E-state index contributed by atoms with van der Waals surface area (Å²) in [4.78, 5) is 9.33. The van der Waals surface area contributed by atoms with Crippen molar-refractivity contribution in [2.75, 3.05) is 26.7 Å². The number of ether oxygens (including phenoxy) is 1. The number of piperidine rings is 1. The SMILES string of the molecule is Cc1ccc(CN2CCC3(CC2)C[C@H](N(C)Cc2ccccn2)CO3)o1. The molecule has 2 fully saturated rings. The highest BCUT2D eigenvalue weighted by Gasteiger charge is 2.43. The van der Waals surface area contributed by atoms with Crippen LogP contribution in [-0.2, 0) is 17.8 Å². The molecule has 2 aliphatic rings. The van der Waals surface area contributed by atoms with E-state index in [0.717, 1.165) is 69.3 Å². The van der Waals surface area contributed by atoms with Gasteiger partial charge in [-0.3, -0.25) is 14.8 Å². The second kappa shape index (κ2) is 7.51. The Morgan fingerprint density at radius 3 is 2.77 bits per heavy atom. The second-order valence-electron chi connectivity index (χ2n) is 7.88. The standard InChI is InChI=1S/C21H29N3O2/c1-17-6-7-20(26-17)15-24-11-8-21(9-12-24)13-19(16-25-21)23(2)14-18-5-3-4-10-22-18/h3-7,10,19H,8-9,11-16H2,1-2H3/t19-/m0/s1. The smallest absolute Gasteiger partial charge is 0.118 e. The lowest BCUT2D eigenvalue weighted by atomic mass is 9.87. The summed E-state index contributed by atoms with van der Waals surface area (Å²) in [5, 5.41) is 0. The highest BCUT2D eigenvalue weighted by atomic mass is 16.5. The van der Waals surface area contributed by atoms with Crippen molar-refractivity contribution >= 4 is 0 Å². The van der Waals surface area contributed by atoms with E-state index in [1.807, 2.05) is 25.3 Å². The van der Waals surface area contributed by atoms with Crippen molar-refractivity contribution in [3.63, 3.8) is 0 Å². The third kappa shape index (κ3) is 4.00. The molecule has 0 bridgehead atoms. The summed E-state index contributed by atoms with van der Waals surface area (Å²) in [6.07, 6.45) is 5.22. The fourth-order valence-electron chi connectivity index (χ4n) is 4.24. The zero-order chi connectivity index (χ0) is 18.0. The van der Waals surface area contributed by atoms with E-state index < -0.39 is 0 Å². The van der Waals surface area contributed by atoms with E-state index in [-0.39, 0.29) is 5.60 Å². The molecule has 5 heteroatoms. The lowest BCUT2D eigenvalue weighted by molar-refractivity contribution is -0.0461. The van der Waals surface area contributed by atoms with Gasteiger partial charge in [-0.15, -0.1) is 0 Å². The minimum atomic E-state index is 0.0681. The van der Waals surface area contributed by atoms with Crippen LogP contribution in [0.2, 0.25) is 0 Å². The fraction of sp³-hybridized carbons (Fsp3) is 0.571. The molecule has 0 aliphatic carbocycles. The van der Waals surface area contributed by atoms with E-state index in [1.165, 1.54) is 0 Å². The number of likely N-dealkylation sites (N-methyl/N-ethyl adjacent to an activating group) is 1. The number of aromatic nitrogens is 1.